The van der Waals surface area contributed by atoms with Gasteiger partial charge in [0.2, 0.25) is 29.5 Å². The largest absolute Gasteiger partial charge is 0.464 e. The van der Waals surface area contributed by atoms with E-state index in [0.29, 0.717) is 71.7 Å². The van der Waals surface area contributed by atoms with Crippen molar-refractivity contribution in [3.05, 3.63) is 48.6 Å². The van der Waals surface area contributed by atoms with E-state index in [9.17, 15) is 43.2 Å². The number of rotatable bonds is 96. The molecule has 0 aliphatic rings. The van der Waals surface area contributed by atoms with Crippen LogP contribution in [0.1, 0.15) is 446 Å². The van der Waals surface area contributed by atoms with Gasteiger partial charge in [-0.3, -0.25) is 43.2 Å². The number of nitrogens with zero attached hydrogens (tertiary/aromatic N) is 2. The zero-order chi connectivity index (χ0) is 90.2. The molecule has 0 aromatic rings. The molecule has 0 bridgehead atoms. The lowest BCUT2D eigenvalue weighted by Gasteiger charge is -2.23. The molecule has 0 aliphatic heterocycles. The molecule has 0 saturated heterocycles. The second-order valence-corrected chi connectivity index (χ2v) is 34.0. The van der Waals surface area contributed by atoms with E-state index < -0.39 is 23.8 Å². The van der Waals surface area contributed by atoms with Gasteiger partial charge in [-0.1, -0.05) is 282 Å². The molecule has 0 rings (SSSR count). The minimum absolute atomic E-state index is 0.0294. The third kappa shape index (κ3) is 86.8. The summed E-state index contributed by atoms with van der Waals surface area (Å²) < 4.78 is 39.0. The Hall–Kier alpha value is -5.93. The van der Waals surface area contributed by atoms with Gasteiger partial charge in [0.25, 0.3) is 0 Å². The highest BCUT2D eigenvalue weighted by Gasteiger charge is 2.24. The molecule has 3 N–H and O–H groups in total. The van der Waals surface area contributed by atoms with Gasteiger partial charge in [-0.15, -0.1) is 0 Å². The van der Waals surface area contributed by atoms with E-state index in [1.807, 2.05) is 6.92 Å². The highest BCUT2D eigenvalue weighted by Crippen LogP contribution is 2.18. The van der Waals surface area contributed by atoms with Crippen molar-refractivity contribution in [1.29, 1.82) is 0 Å². The molecule has 0 saturated carbocycles. The van der Waals surface area contributed by atoms with Crippen molar-refractivity contribution in [3.63, 3.8) is 0 Å². The summed E-state index contributed by atoms with van der Waals surface area (Å²) in [5.74, 6) is -3.38. The van der Waals surface area contributed by atoms with Crippen molar-refractivity contribution in [2.75, 3.05) is 105 Å². The Labute approximate surface area is 757 Å². The lowest BCUT2D eigenvalue weighted by Crippen LogP contribution is -2.47. The molecule has 124 heavy (non-hydrogen) atoms. The number of ether oxygens (including phenoxy) is 7. The quantitative estimate of drug-likeness (QED) is 0.0221. The van der Waals surface area contributed by atoms with Gasteiger partial charge >= 0.3 is 23.9 Å². The molecule has 0 fully saturated rings. The summed E-state index contributed by atoms with van der Waals surface area (Å²) >= 11 is 0. The number of nitrogens with one attached hydrogen (secondary N) is 3. The summed E-state index contributed by atoms with van der Waals surface area (Å²) in [5, 5.41) is 8.66. The van der Waals surface area contributed by atoms with Crippen LogP contribution in [0.5, 0.6) is 0 Å². The Morgan fingerprint density at radius 3 is 0.823 bits per heavy atom. The van der Waals surface area contributed by atoms with Crippen LogP contribution in [0.2, 0.25) is 0 Å². The fourth-order valence-corrected chi connectivity index (χ4v) is 14.6. The SMILES string of the molecule is CCCCCCCC/C=C\CCCCCCCC(=O)OCCN(CCOC(=O)CCCCCCC/C=C\CCCCCCCC)C(=O)CCC(=O)NCCCC[C@H](NC(=O)CCC(=O)N(CCOC(=O)CCCCCCC/C=C\CCCCCCCC)CCOC(=O)CCCCCCC/C=C\CCCCCCCC)C(=O)NCCCOCCOCCOCC. The van der Waals surface area contributed by atoms with E-state index in [4.69, 9.17) is 33.2 Å². The number of esters is 4. The first-order valence-electron chi connectivity index (χ1n) is 51.2. The Kier molecular flexibility index (Phi) is 91.6. The molecule has 0 heterocycles. The highest BCUT2D eigenvalue weighted by molar-refractivity contribution is 5.89. The van der Waals surface area contributed by atoms with Crippen LogP contribution in [-0.4, -0.2) is 175 Å². The molecular formula is C103H187N5O16. The van der Waals surface area contributed by atoms with E-state index in [1.165, 1.54) is 164 Å². The fourth-order valence-electron chi connectivity index (χ4n) is 14.6. The average molecular weight is 1750 g/mol. The first-order valence-corrected chi connectivity index (χ1v) is 51.2. The van der Waals surface area contributed by atoms with Crippen LogP contribution >= 0.6 is 0 Å². The molecule has 1 atom stereocenters. The van der Waals surface area contributed by atoms with Crippen molar-refractivity contribution >= 4 is 53.4 Å². The Morgan fingerprint density at radius 2 is 0.516 bits per heavy atom. The number of hydrogen-bond donors (Lipinski definition) is 3. The monoisotopic (exact) mass is 1750 g/mol. The smallest absolute Gasteiger partial charge is 0.305 e. The number of carbonyl (C=O) groups is 9. The molecule has 0 spiro atoms. The molecular weight excluding hydrogens is 1560 g/mol. The van der Waals surface area contributed by atoms with Crippen molar-refractivity contribution in [2.45, 2.75) is 452 Å². The maximum absolute atomic E-state index is 14.0. The minimum Gasteiger partial charge on any atom is -0.464 e. The van der Waals surface area contributed by atoms with Crippen LogP contribution < -0.4 is 16.0 Å². The number of allylic oxidation sites excluding steroid dienone is 8. The lowest BCUT2D eigenvalue weighted by molar-refractivity contribution is -0.148. The summed E-state index contributed by atoms with van der Waals surface area (Å²) in [6.07, 6.45) is 80.4. The Morgan fingerprint density at radius 1 is 0.250 bits per heavy atom. The van der Waals surface area contributed by atoms with Crippen LogP contribution in [-0.2, 0) is 76.3 Å². The summed E-state index contributed by atoms with van der Waals surface area (Å²) in [5.41, 5.74) is 0. The standard InChI is InChI=1S/C103H187N5O16/c1-6-11-15-19-23-27-31-35-39-43-47-51-55-59-63-71-99(113)121-86-81-107(82-87-122-100(114)72-64-60-56-52-48-44-40-36-32-28-24-20-16-12-7-2)97(111)77-75-95(109)104-79-68-67-70-94(103(117)105-80-69-85-119-92-93-120-91-90-118-10-5)106-96(110)76-78-98(112)108(83-88-123-101(115)73-65-61-57-53-49-45-41-37-33-29-25-21-17-13-8-3)84-89-124-102(116)74-66-62-58-54-50-46-42-38-34-30-26-22-18-14-9-4/h35-42,94H,6-34,43-93H2,1-5H3,(H,104,109)(H,105,117)(H,106,110)/b39-35-,40-36-,41-37-,42-38-/t94-/m0/s1. The van der Waals surface area contributed by atoms with Crippen molar-refractivity contribution < 1.29 is 76.3 Å². The lowest BCUT2D eigenvalue weighted by atomic mass is 10.1. The first kappa shape index (κ1) is 118. The predicted octanol–water partition coefficient (Wildman–Crippen LogP) is 23.9. The average Bonchev–Trinajstić information content (AvgIpc) is 0.912. The summed E-state index contributed by atoms with van der Waals surface area (Å²) in [4.78, 5) is 123. The van der Waals surface area contributed by atoms with Crippen LogP contribution in [0.4, 0.5) is 0 Å². The van der Waals surface area contributed by atoms with Crippen LogP contribution in [0.3, 0.4) is 0 Å². The van der Waals surface area contributed by atoms with Crippen LogP contribution in [0.15, 0.2) is 48.6 Å². The number of hydrogen-bond acceptors (Lipinski definition) is 16. The molecule has 21 nitrogen and oxygen atoms in total. The maximum Gasteiger partial charge on any atom is 0.305 e. The normalized spacial score (nSPS) is 11.8. The zero-order valence-corrected chi connectivity index (χ0v) is 80.2. The van der Waals surface area contributed by atoms with E-state index in [-0.39, 0.29) is 159 Å². The highest BCUT2D eigenvalue weighted by atomic mass is 16.6. The molecule has 5 amide bonds. The van der Waals surface area contributed by atoms with Gasteiger partial charge in [0.15, 0.2) is 0 Å². The van der Waals surface area contributed by atoms with Crippen molar-refractivity contribution in [1.82, 2.24) is 25.8 Å². The summed E-state index contributed by atoms with van der Waals surface area (Å²) in [7, 11) is 0. The zero-order valence-electron chi connectivity index (χ0n) is 80.2. The topological polar surface area (TPSA) is 261 Å². The minimum atomic E-state index is -0.975. The van der Waals surface area contributed by atoms with Crippen molar-refractivity contribution in [2.24, 2.45) is 0 Å². The van der Waals surface area contributed by atoms with E-state index >= 15 is 0 Å². The second-order valence-electron chi connectivity index (χ2n) is 34.0. The molecule has 0 unspecified atom stereocenters. The van der Waals surface area contributed by atoms with Gasteiger partial charge in [0.05, 0.1) is 52.6 Å². The maximum atomic E-state index is 14.0. The molecule has 0 aliphatic carbocycles. The fraction of sp³-hybridized carbons (Fsp3) is 0.835. The second kappa shape index (κ2) is 96.2. The number of unbranched alkanes of at least 4 members (excludes halogenated alkanes) is 45. The predicted molar refractivity (Wildman–Crippen MR) is 508 cm³/mol. The third-order valence-electron chi connectivity index (χ3n) is 22.5. The van der Waals surface area contributed by atoms with E-state index in [2.05, 4.69) is 92.3 Å². The molecule has 0 aromatic carbocycles. The summed E-state index contributed by atoms with van der Waals surface area (Å²) in [6.45, 7) is 14.2. The molecule has 21 heteroatoms. The summed E-state index contributed by atoms with van der Waals surface area (Å²) in [6, 6.07) is -0.975. The first-order chi connectivity index (χ1) is 60.8. The van der Waals surface area contributed by atoms with E-state index in [0.717, 1.165) is 167 Å². The van der Waals surface area contributed by atoms with E-state index in [1.54, 1.807) is 0 Å². The van der Waals surface area contributed by atoms with Gasteiger partial charge in [0.1, 0.15) is 32.5 Å². The number of carbonyl (C=O) groups excluding carboxylic acids is 9. The molecule has 720 valence electrons. The van der Waals surface area contributed by atoms with Gasteiger partial charge in [-0.2, -0.15) is 0 Å². The van der Waals surface area contributed by atoms with Gasteiger partial charge < -0.3 is 58.9 Å². The number of amides is 5. The third-order valence-corrected chi connectivity index (χ3v) is 22.5. The van der Waals surface area contributed by atoms with Crippen LogP contribution in [0.25, 0.3) is 0 Å². The van der Waals surface area contributed by atoms with Crippen LogP contribution in [0, 0.1) is 0 Å². The Balaban J connectivity index is 5.83. The van der Waals surface area contributed by atoms with Gasteiger partial charge in [-0.25, -0.2) is 0 Å². The molecule has 0 radical (unpaired) electrons. The van der Waals surface area contributed by atoms with Gasteiger partial charge in [-0.05, 0) is 161 Å². The van der Waals surface area contributed by atoms with Crippen molar-refractivity contribution in [3.8, 4) is 0 Å². The van der Waals surface area contributed by atoms with Gasteiger partial charge in [0, 0.05) is 77.7 Å². The Bertz CT molecular complexity index is 2500. The molecule has 0 aromatic heterocycles.